The van der Waals surface area contributed by atoms with Gasteiger partial charge in [-0.05, 0) is 44.2 Å². The van der Waals surface area contributed by atoms with Crippen LogP contribution in [0.3, 0.4) is 0 Å². The van der Waals surface area contributed by atoms with Gasteiger partial charge in [0.25, 0.3) is 0 Å². The molecular formula is C17H28ClN5O. The van der Waals surface area contributed by atoms with Crippen LogP contribution in [-0.2, 0) is 4.74 Å². The van der Waals surface area contributed by atoms with Crippen molar-refractivity contribution in [3.8, 4) is 0 Å². The van der Waals surface area contributed by atoms with Crippen molar-refractivity contribution < 1.29 is 4.74 Å². The minimum Gasteiger partial charge on any atom is -0.380 e. The topological polar surface area (TPSA) is 54.4 Å². The molecule has 2 saturated heterocycles. The summed E-state index contributed by atoms with van der Waals surface area (Å²) >= 11 is 6.22. The number of ether oxygens (including phenoxy) is 1. The molecule has 0 amide bonds. The van der Waals surface area contributed by atoms with Crippen molar-refractivity contribution in [3.05, 3.63) is 5.28 Å². The third-order valence-electron chi connectivity index (χ3n) is 5.35. The molecule has 1 atom stereocenters. The number of hydrogen-bond donors (Lipinski definition) is 0. The maximum Gasteiger partial charge on any atom is 0.231 e. The molecule has 0 bridgehead atoms. The molecule has 0 N–H and O–H groups in total. The maximum atomic E-state index is 6.22. The lowest BCUT2D eigenvalue weighted by molar-refractivity contribution is -0.124. The van der Waals surface area contributed by atoms with Crippen LogP contribution in [-0.4, -0.2) is 53.8 Å². The van der Waals surface area contributed by atoms with Crippen LogP contribution in [0.25, 0.3) is 0 Å². The zero-order valence-corrected chi connectivity index (χ0v) is 15.7. The predicted octanol–water partition coefficient (Wildman–Crippen LogP) is 3.16. The molecule has 0 aromatic carbocycles. The average Bonchev–Trinajstić information content (AvgIpc) is 2.57. The fourth-order valence-electron chi connectivity index (χ4n) is 3.44. The van der Waals surface area contributed by atoms with E-state index in [2.05, 4.69) is 40.5 Å². The summed E-state index contributed by atoms with van der Waals surface area (Å²) in [6.45, 7) is 11.2. The van der Waals surface area contributed by atoms with Crippen molar-refractivity contribution in [2.75, 3.05) is 42.6 Å². The van der Waals surface area contributed by atoms with E-state index >= 15 is 0 Å². The van der Waals surface area contributed by atoms with Gasteiger partial charge in [0, 0.05) is 31.1 Å². The molecule has 2 aliphatic rings. The summed E-state index contributed by atoms with van der Waals surface area (Å²) in [5.41, 5.74) is 0.404. The highest BCUT2D eigenvalue weighted by molar-refractivity contribution is 6.28. The number of nitrogens with zero attached hydrogens (tertiary/aromatic N) is 5. The number of piperidine rings is 1. The lowest BCUT2D eigenvalue weighted by atomic mass is 9.77. The Morgan fingerprint density at radius 1 is 1.21 bits per heavy atom. The van der Waals surface area contributed by atoms with Crippen LogP contribution < -0.4 is 9.80 Å². The molecular weight excluding hydrogens is 326 g/mol. The van der Waals surface area contributed by atoms with Gasteiger partial charge in [-0.1, -0.05) is 13.8 Å². The van der Waals surface area contributed by atoms with Crippen LogP contribution in [0.15, 0.2) is 0 Å². The second-order valence-corrected chi connectivity index (χ2v) is 7.47. The molecule has 2 fully saturated rings. The van der Waals surface area contributed by atoms with Crippen molar-refractivity contribution in [1.29, 1.82) is 0 Å². The van der Waals surface area contributed by atoms with E-state index < -0.39 is 0 Å². The molecule has 0 saturated carbocycles. The smallest absolute Gasteiger partial charge is 0.231 e. The quantitative estimate of drug-likeness (QED) is 0.783. The Morgan fingerprint density at radius 3 is 2.46 bits per heavy atom. The van der Waals surface area contributed by atoms with Crippen LogP contribution in [0, 0.1) is 5.41 Å². The standard InChI is InChI=1S/C17H28ClN5O/c1-4-8-23(13(3)5-2)16-20-14(18)19-15(21-16)22-9-6-17(7-10-22)11-24-12-17/h13H,4-12H2,1-3H3/t13-/m1/s1. The van der Waals surface area contributed by atoms with Crippen LogP contribution in [0.5, 0.6) is 0 Å². The SMILES string of the molecule is CCCN(c1nc(Cl)nc(N2CCC3(CC2)COC3)n1)[C@H](C)CC. The van der Waals surface area contributed by atoms with Crippen LogP contribution in [0.2, 0.25) is 5.28 Å². The first kappa shape index (κ1) is 17.7. The number of rotatable bonds is 6. The minimum absolute atomic E-state index is 0.284. The summed E-state index contributed by atoms with van der Waals surface area (Å²) in [5.74, 6) is 1.41. The van der Waals surface area contributed by atoms with Gasteiger partial charge in [0.2, 0.25) is 17.2 Å². The van der Waals surface area contributed by atoms with E-state index in [4.69, 9.17) is 21.3 Å². The van der Waals surface area contributed by atoms with Gasteiger partial charge in [-0.3, -0.25) is 0 Å². The third kappa shape index (κ3) is 3.59. The van der Waals surface area contributed by atoms with Gasteiger partial charge in [0.05, 0.1) is 13.2 Å². The largest absolute Gasteiger partial charge is 0.380 e. The van der Waals surface area contributed by atoms with Gasteiger partial charge in [0.15, 0.2) is 0 Å². The van der Waals surface area contributed by atoms with E-state index in [1.54, 1.807) is 0 Å². The zero-order valence-electron chi connectivity index (χ0n) is 15.0. The Hall–Kier alpha value is -1.14. The minimum atomic E-state index is 0.284. The maximum absolute atomic E-state index is 6.22. The molecule has 3 rings (SSSR count). The zero-order chi connectivity index (χ0) is 17.2. The average molecular weight is 354 g/mol. The van der Waals surface area contributed by atoms with E-state index in [1.165, 1.54) is 0 Å². The summed E-state index contributed by atoms with van der Waals surface area (Å²) in [6.07, 6.45) is 4.37. The van der Waals surface area contributed by atoms with Crippen molar-refractivity contribution in [2.45, 2.75) is 52.5 Å². The number of hydrogen-bond acceptors (Lipinski definition) is 6. The van der Waals surface area contributed by atoms with Crippen LogP contribution in [0.1, 0.15) is 46.5 Å². The Bertz CT molecular complexity index is 556. The summed E-state index contributed by atoms with van der Waals surface area (Å²) in [6, 6.07) is 0.382. The molecule has 0 unspecified atom stereocenters. The van der Waals surface area contributed by atoms with E-state index in [0.29, 0.717) is 23.4 Å². The van der Waals surface area contributed by atoms with Gasteiger partial charge in [-0.2, -0.15) is 15.0 Å². The monoisotopic (exact) mass is 353 g/mol. The molecule has 1 aromatic heterocycles. The lowest BCUT2D eigenvalue weighted by Gasteiger charge is -2.47. The molecule has 134 valence electrons. The fourth-order valence-corrected chi connectivity index (χ4v) is 3.59. The van der Waals surface area contributed by atoms with Crippen molar-refractivity contribution >= 4 is 23.5 Å². The second kappa shape index (κ2) is 7.40. The molecule has 0 radical (unpaired) electrons. The number of aromatic nitrogens is 3. The lowest BCUT2D eigenvalue weighted by Crippen LogP contribution is -2.51. The summed E-state index contributed by atoms with van der Waals surface area (Å²) in [7, 11) is 0. The molecule has 1 aromatic rings. The molecule has 6 nitrogen and oxygen atoms in total. The molecule has 3 heterocycles. The Balaban J connectivity index is 1.78. The Kier molecular flexibility index (Phi) is 5.45. The van der Waals surface area contributed by atoms with Gasteiger partial charge >= 0.3 is 0 Å². The van der Waals surface area contributed by atoms with Gasteiger partial charge < -0.3 is 14.5 Å². The Labute approximate surface area is 149 Å². The Morgan fingerprint density at radius 2 is 1.92 bits per heavy atom. The van der Waals surface area contributed by atoms with Gasteiger partial charge in [0.1, 0.15) is 0 Å². The van der Waals surface area contributed by atoms with E-state index in [1.807, 2.05) is 0 Å². The summed E-state index contributed by atoms with van der Waals surface area (Å²) in [4.78, 5) is 18.0. The van der Waals surface area contributed by atoms with Crippen LogP contribution in [0.4, 0.5) is 11.9 Å². The fraction of sp³-hybridized carbons (Fsp3) is 0.824. The van der Waals surface area contributed by atoms with Gasteiger partial charge in [-0.25, -0.2) is 0 Å². The van der Waals surface area contributed by atoms with Crippen molar-refractivity contribution in [1.82, 2.24) is 15.0 Å². The summed E-state index contributed by atoms with van der Waals surface area (Å²) < 4.78 is 5.40. The molecule has 7 heteroatoms. The second-order valence-electron chi connectivity index (χ2n) is 7.13. The van der Waals surface area contributed by atoms with E-state index in [0.717, 1.165) is 58.5 Å². The molecule has 0 aliphatic carbocycles. The van der Waals surface area contributed by atoms with Crippen molar-refractivity contribution in [2.24, 2.45) is 5.41 Å². The normalized spacial score (nSPS) is 20.8. The molecule has 1 spiro atoms. The first-order valence-corrected chi connectivity index (χ1v) is 9.45. The third-order valence-corrected chi connectivity index (χ3v) is 5.52. The first-order chi connectivity index (χ1) is 11.6. The molecule has 24 heavy (non-hydrogen) atoms. The highest BCUT2D eigenvalue weighted by Gasteiger charge is 2.41. The van der Waals surface area contributed by atoms with Crippen molar-refractivity contribution in [3.63, 3.8) is 0 Å². The van der Waals surface area contributed by atoms with Gasteiger partial charge in [-0.15, -0.1) is 0 Å². The van der Waals surface area contributed by atoms with E-state index in [9.17, 15) is 0 Å². The van der Waals surface area contributed by atoms with E-state index in [-0.39, 0.29) is 5.28 Å². The number of halogens is 1. The summed E-state index contributed by atoms with van der Waals surface area (Å²) in [5, 5.41) is 0.284. The number of anilines is 2. The van der Waals surface area contributed by atoms with Crippen LogP contribution >= 0.6 is 11.6 Å². The highest BCUT2D eigenvalue weighted by Crippen LogP contribution is 2.39. The first-order valence-electron chi connectivity index (χ1n) is 9.08. The highest BCUT2D eigenvalue weighted by atomic mass is 35.5. The predicted molar refractivity (Wildman–Crippen MR) is 96.9 cm³/mol. The molecule has 2 aliphatic heterocycles.